The molecule has 0 spiro atoms. The van der Waals surface area contributed by atoms with Gasteiger partial charge in [-0.2, -0.15) is 0 Å². The fraction of sp³-hybridized carbons (Fsp3) is 0.357. The van der Waals surface area contributed by atoms with Crippen LogP contribution in [-0.2, 0) is 36.2 Å². The zero-order chi connectivity index (χ0) is 27.5. The monoisotopic (exact) mass is 569 g/mol. The van der Waals surface area contributed by atoms with Gasteiger partial charge in [0.15, 0.2) is 0 Å². The number of sulfonamides is 1. The summed E-state index contributed by atoms with van der Waals surface area (Å²) in [6.45, 7) is 1.76. The number of methoxy groups -OCH3 is 1. The lowest BCUT2D eigenvalue weighted by Crippen LogP contribution is -2.47. The van der Waals surface area contributed by atoms with E-state index >= 15 is 0 Å². The lowest BCUT2D eigenvalue weighted by atomic mass is 9.74. The third-order valence-electron chi connectivity index (χ3n) is 7.40. The standard InChI is InChI=1S/C28H31N3O6S2/c1-36-23-10-7-21(8-11-23)28(12-15-37-16-13-28)19-29-26(32)27(33)30-22-9-6-20-4-2-14-31(24(20)18-22)39(34,35)25-5-3-17-38-25/h3,5-11,17-18H,2,4,12-16,19H2,1H3,(H,29,32)(H,30,33). The molecule has 2 aliphatic heterocycles. The number of fused-ring (bicyclic) bond motifs is 1. The van der Waals surface area contributed by atoms with E-state index in [0.29, 0.717) is 50.4 Å². The summed E-state index contributed by atoms with van der Waals surface area (Å²) in [6.07, 6.45) is 2.85. The van der Waals surface area contributed by atoms with Crippen molar-refractivity contribution in [1.82, 2.24) is 5.32 Å². The summed E-state index contributed by atoms with van der Waals surface area (Å²) in [6, 6.07) is 16.2. The van der Waals surface area contributed by atoms with Crippen LogP contribution in [0.3, 0.4) is 0 Å². The normalized spacial score (nSPS) is 16.7. The molecule has 0 bridgehead atoms. The Morgan fingerprint density at radius 2 is 1.85 bits per heavy atom. The maximum absolute atomic E-state index is 13.2. The Labute approximate surface area is 232 Å². The maximum atomic E-state index is 13.2. The van der Waals surface area contributed by atoms with Gasteiger partial charge in [-0.1, -0.05) is 24.3 Å². The van der Waals surface area contributed by atoms with Gasteiger partial charge in [0.25, 0.3) is 10.0 Å². The third kappa shape index (κ3) is 5.66. The van der Waals surface area contributed by atoms with E-state index in [1.54, 1.807) is 42.8 Å². The van der Waals surface area contributed by atoms with E-state index in [1.165, 1.54) is 15.6 Å². The number of nitrogens with zero attached hydrogens (tertiary/aromatic N) is 1. The van der Waals surface area contributed by atoms with Crippen LogP contribution >= 0.6 is 11.3 Å². The number of hydrogen-bond acceptors (Lipinski definition) is 7. The van der Waals surface area contributed by atoms with E-state index in [9.17, 15) is 18.0 Å². The first-order valence-corrected chi connectivity index (χ1v) is 15.1. The number of rotatable bonds is 7. The molecule has 0 radical (unpaired) electrons. The first-order chi connectivity index (χ1) is 18.8. The molecule has 1 aromatic heterocycles. The Hall–Kier alpha value is -3.41. The zero-order valence-corrected chi connectivity index (χ0v) is 23.3. The molecule has 0 unspecified atom stereocenters. The van der Waals surface area contributed by atoms with Gasteiger partial charge in [-0.25, -0.2) is 8.42 Å². The summed E-state index contributed by atoms with van der Waals surface area (Å²) in [7, 11) is -2.10. The fourth-order valence-corrected chi connectivity index (χ4v) is 7.82. The summed E-state index contributed by atoms with van der Waals surface area (Å²) in [4.78, 5) is 25.7. The molecule has 9 nitrogen and oxygen atoms in total. The van der Waals surface area contributed by atoms with E-state index in [-0.39, 0.29) is 16.2 Å². The predicted octanol–water partition coefficient (Wildman–Crippen LogP) is 3.70. The second kappa shape index (κ2) is 11.4. The lowest BCUT2D eigenvalue weighted by Gasteiger charge is -2.38. The minimum atomic E-state index is -3.71. The molecule has 39 heavy (non-hydrogen) atoms. The first kappa shape index (κ1) is 27.2. The third-order valence-corrected chi connectivity index (χ3v) is 10.6. The average Bonchev–Trinajstić information content (AvgIpc) is 3.52. The van der Waals surface area contributed by atoms with Gasteiger partial charge in [0.2, 0.25) is 0 Å². The van der Waals surface area contributed by atoms with Gasteiger partial charge < -0.3 is 20.1 Å². The smallest absolute Gasteiger partial charge is 0.313 e. The molecule has 5 rings (SSSR count). The van der Waals surface area contributed by atoms with E-state index < -0.39 is 21.8 Å². The average molecular weight is 570 g/mol. The highest BCUT2D eigenvalue weighted by Gasteiger charge is 2.36. The van der Waals surface area contributed by atoms with Gasteiger partial charge >= 0.3 is 11.8 Å². The quantitative estimate of drug-likeness (QED) is 0.420. The first-order valence-electron chi connectivity index (χ1n) is 12.8. The fourth-order valence-electron chi connectivity index (χ4n) is 5.18. The number of aryl methyl sites for hydroxylation is 1. The van der Waals surface area contributed by atoms with Crippen molar-refractivity contribution in [2.45, 2.75) is 35.3 Å². The molecule has 11 heteroatoms. The molecule has 0 aliphatic carbocycles. The van der Waals surface area contributed by atoms with Gasteiger partial charge in [0.05, 0.1) is 12.8 Å². The molecule has 2 aromatic carbocycles. The van der Waals surface area contributed by atoms with Crippen molar-refractivity contribution in [1.29, 1.82) is 0 Å². The topological polar surface area (TPSA) is 114 Å². The van der Waals surface area contributed by atoms with Crippen LogP contribution < -0.4 is 19.7 Å². The number of thiophene rings is 1. The van der Waals surface area contributed by atoms with Crippen molar-refractivity contribution in [2.75, 3.05) is 43.0 Å². The van der Waals surface area contributed by atoms with E-state index in [1.807, 2.05) is 24.3 Å². The van der Waals surface area contributed by atoms with Crippen molar-refractivity contribution < 1.29 is 27.5 Å². The molecule has 0 saturated carbocycles. The molecule has 3 heterocycles. The Morgan fingerprint density at radius 1 is 1.08 bits per heavy atom. The molecular formula is C28H31N3O6S2. The Balaban J connectivity index is 1.29. The highest BCUT2D eigenvalue weighted by atomic mass is 32.2. The second-order valence-electron chi connectivity index (χ2n) is 9.71. The summed E-state index contributed by atoms with van der Waals surface area (Å²) < 4.78 is 39.0. The number of nitrogens with one attached hydrogen (secondary N) is 2. The van der Waals surface area contributed by atoms with Crippen molar-refractivity contribution in [2.24, 2.45) is 0 Å². The second-order valence-corrected chi connectivity index (χ2v) is 12.8. The number of anilines is 2. The van der Waals surface area contributed by atoms with Gasteiger partial charge in [0.1, 0.15) is 9.96 Å². The van der Waals surface area contributed by atoms with Gasteiger partial charge in [-0.15, -0.1) is 11.3 Å². The Bertz CT molecular complexity index is 1430. The molecule has 2 amide bonds. The van der Waals surface area contributed by atoms with Crippen LogP contribution in [0, 0.1) is 0 Å². The minimum absolute atomic E-state index is 0.267. The van der Waals surface area contributed by atoms with Gasteiger partial charge in [-0.05, 0) is 72.5 Å². The van der Waals surface area contributed by atoms with E-state index in [2.05, 4.69) is 10.6 Å². The molecule has 3 aromatic rings. The molecular weight excluding hydrogens is 538 g/mol. The molecule has 1 fully saturated rings. The van der Waals surface area contributed by atoms with E-state index in [0.717, 1.165) is 23.3 Å². The van der Waals surface area contributed by atoms with Crippen LogP contribution in [0.4, 0.5) is 11.4 Å². The van der Waals surface area contributed by atoms with Crippen LogP contribution in [0.2, 0.25) is 0 Å². The van der Waals surface area contributed by atoms with Crippen molar-refractivity contribution in [3.63, 3.8) is 0 Å². The number of carbonyl (C=O) groups excluding carboxylic acids is 2. The van der Waals surface area contributed by atoms with Crippen LogP contribution in [0.1, 0.15) is 30.4 Å². The number of ether oxygens (including phenoxy) is 2. The highest BCUT2D eigenvalue weighted by molar-refractivity contribution is 7.94. The van der Waals surface area contributed by atoms with Crippen LogP contribution in [0.5, 0.6) is 5.75 Å². The maximum Gasteiger partial charge on any atom is 0.313 e. The number of amides is 2. The number of hydrogen-bond donors (Lipinski definition) is 2. The van der Waals surface area contributed by atoms with Crippen molar-refractivity contribution in [3.05, 3.63) is 71.1 Å². The molecule has 1 saturated heterocycles. The summed E-state index contributed by atoms with van der Waals surface area (Å²) in [5.41, 5.74) is 2.45. The number of benzene rings is 2. The van der Waals surface area contributed by atoms with Crippen molar-refractivity contribution >= 4 is 44.5 Å². The predicted molar refractivity (Wildman–Crippen MR) is 150 cm³/mol. The molecule has 206 valence electrons. The summed E-state index contributed by atoms with van der Waals surface area (Å²) in [5.74, 6) is -0.818. The van der Waals surface area contributed by atoms with Crippen LogP contribution in [0.25, 0.3) is 0 Å². The van der Waals surface area contributed by atoms with Gasteiger partial charge in [-0.3, -0.25) is 13.9 Å². The zero-order valence-electron chi connectivity index (χ0n) is 21.6. The van der Waals surface area contributed by atoms with Crippen LogP contribution in [-0.4, -0.2) is 53.6 Å². The Kier molecular flexibility index (Phi) is 7.92. The Morgan fingerprint density at radius 3 is 2.54 bits per heavy atom. The van der Waals surface area contributed by atoms with Crippen LogP contribution in [0.15, 0.2) is 64.2 Å². The SMILES string of the molecule is COc1ccc(C2(CNC(=O)C(=O)Nc3ccc4c(c3)N(S(=O)(=O)c3cccs3)CCC4)CCOCC2)cc1. The molecule has 0 atom stereocenters. The summed E-state index contributed by atoms with van der Waals surface area (Å²) in [5, 5.41) is 7.18. The largest absolute Gasteiger partial charge is 0.497 e. The van der Waals surface area contributed by atoms with E-state index in [4.69, 9.17) is 9.47 Å². The lowest BCUT2D eigenvalue weighted by molar-refractivity contribution is -0.136. The van der Waals surface area contributed by atoms with Crippen molar-refractivity contribution in [3.8, 4) is 5.75 Å². The minimum Gasteiger partial charge on any atom is -0.497 e. The molecule has 2 aliphatic rings. The number of carbonyl (C=O) groups is 2. The van der Waals surface area contributed by atoms with Gasteiger partial charge in [0, 0.05) is 37.4 Å². The summed E-state index contributed by atoms with van der Waals surface area (Å²) >= 11 is 1.17. The highest BCUT2D eigenvalue weighted by Crippen LogP contribution is 2.36. The molecule has 2 N–H and O–H groups in total.